The molecule has 0 aliphatic carbocycles. The molecule has 0 spiro atoms. The molecule has 4 nitrogen and oxygen atoms in total. The first-order valence-corrected chi connectivity index (χ1v) is 20.5. The zero-order chi connectivity index (χ0) is 39.3. The minimum Gasteiger partial charge on any atom is -0.309 e. The van der Waals surface area contributed by atoms with Gasteiger partial charge in [-0.1, -0.05) is 152 Å². The van der Waals surface area contributed by atoms with E-state index >= 15 is 0 Å². The maximum Gasteiger partial charge on any atom is 0.165 e. The summed E-state index contributed by atoms with van der Waals surface area (Å²) in [7, 11) is 0. The fraction of sp³-hybridized carbons (Fsp3) is 0. The average Bonchev–Trinajstić information content (AvgIpc) is 3.82. The van der Waals surface area contributed by atoms with Gasteiger partial charge in [-0.05, 0) is 98.0 Å². The lowest BCUT2D eigenvalue weighted by Gasteiger charge is -2.17. The van der Waals surface area contributed by atoms with E-state index in [1.54, 1.807) is 0 Å². The van der Waals surface area contributed by atoms with Crippen LogP contribution >= 0.6 is 0 Å². The molecule has 13 rings (SSSR count). The van der Waals surface area contributed by atoms with E-state index in [-0.39, 0.29) is 0 Å². The molecule has 0 radical (unpaired) electrons. The highest BCUT2D eigenvalue weighted by molar-refractivity contribution is 6.22. The summed E-state index contributed by atoms with van der Waals surface area (Å²) in [5.41, 5.74) is 11.6. The van der Waals surface area contributed by atoms with Crippen LogP contribution in [0.5, 0.6) is 0 Å². The molecule has 0 unspecified atom stereocenters. The van der Waals surface area contributed by atoms with E-state index in [0.29, 0.717) is 0 Å². The molecule has 10 aromatic carbocycles. The summed E-state index contributed by atoms with van der Waals surface area (Å²) in [4.78, 5) is 11.0. The number of para-hydroxylation sites is 3. The Labute approximate surface area is 344 Å². The summed E-state index contributed by atoms with van der Waals surface area (Å²) in [6.07, 6.45) is 0. The van der Waals surface area contributed by atoms with Crippen LogP contribution in [0.15, 0.2) is 206 Å². The Hall–Kier alpha value is -8.08. The number of rotatable bonds is 4. The van der Waals surface area contributed by atoms with Gasteiger partial charge in [0.15, 0.2) is 5.82 Å². The van der Waals surface area contributed by atoms with E-state index < -0.39 is 0 Å². The number of hydrogen-bond donors (Lipinski definition) is 0. The summed E-state index contributed by atoms with van der Waals surface area (Å²) in [5.74, 6) is 0.803. The first-order valence-electron chi connectivity index (χ1n) is 20.5. The zero-order valence-corrected chi connectivity index (χ0v) is 32.4. The summed E-state index contributed by atoms with van der Waals surface area (Å²) in [5, 5.41) is 12.0. The Morgan fingerprint density at radius 2 is 0.917 bits per heavy atom. The fourth-order valence-electron chi connectivity index (χ4n) is 9.78. The molecule has 0 saturated carbocycles. The van der Waals surface area contributed by atoms with Crippen LogP contribution in [0.1, 0.15) is 0 Å². The van der Waals surface area contributed by atoms with Crippen LogP contribution in [-0.2, 0) is 0 Å². The second-order valence-electron chi connectivity index (χ2n) is 15.7. The van der Waals surface area contributed by atoms with Gasteiger partial charge < -0.3 is 4.57 Å². The second kappa shape index (κ2) is 12.7. The largest absolute Gasteiger partial charge is 0.309 e. The third-order valence-electron chi connectivity index (χ3n) is 12.5. The normalized spacial score (nSPS) is 12.0. The molecule has 13 aromatic rings. The highest BCUT2D eigenvalue weighted by Crippen LogP contribution is 2.43. The van der Waals surface area contributed by atoms with Gasteiger partial charge in [0, 0.05) is 32.8 Å². The minimum atomic E-state index is 0.803. The van der Waals surface area contributed by atoms with E-state index in [2.05, 4.69) is 203 Å². The van der Waals surface area contributed by atoms with Crippen molar-refractivity contribution in [2.75, 3.05) is 0 Å². The van der Waals surface area contributed by atoms with Crippen LogP contribution in [0.25, 0.3) is 121 Å². The zero-order valence-electron chi connectivity index (χ0n) is 32.4. The molecule has 0 amide bonds. The van der Waals surface area contributed by atoms with Crippen LogP contribution in [-0.4, -0.2) is 19.1 Å². The standard InChI is InChI=1S/C56H34N4/c1-2-14-35(15-3-1)40-28-29-45(43-21-9-8-20-42(40)43)55-56(58-49-24-12-11-23-48(49)57-55)60-51-31-27-39(34-47(51)54-41-19-7-6-16-36(41)26-30-52(54)60)59-50-25-13-10-22-44(50)46-32-37-17-4-5-18-38(37)33-53(46)59/h1-34H. The van der Waals surface area contributed by atoms with E-state index in [0.717, 1.165) is 55.6 Å². The van der Waals surface area contributed by atoms with Crippen molar-refractivity contribution in [2.45, 2.75) is 0 Å². The molecular formula is C56H34N4. The van der Waals surface area contributed by atoms with Crippen LogP contribution in [0.3, 0.4) is 0 Å². The molecule has 0 saturated heterocycles. The maximum atomic E-state index is 5.54. The maximum absolute atomic E-state index is 5.54. The first-order chi connectivity index (χ1) is 29.8. The van der Waals surface area contributed by atoms with Crippen molar-refractivity contribution in [3.05, 3.63) is 206 Å². The van der Waals surface area contributed by atoms with Crippen LogP contribution in [0.2, 0.25) is 0 Å². The van der Waals surface area contributed by atoms with Crippen molar-refractivity contribution < 1.29 is 0 Å². The molecule has 0 aliphatic rings. The Balaban J connectivity index is 1.14. The summed E-state index contributed by atoms with van der Waals surface area (Å²) in [6, 6.07) is 74.4. The minimum absolute atomic E-state index is 0.803. The monoisotopic (exact) mass is 762 g/mol. The third-order valence-corrected chi connectivity index (χ3v) is 12.5. The van der Waals surface area contributed by atoms with E-state index in [1.807, 2.05) is 12.1 Å². The van der Waals surface area contributed by atoms with Gasteiger partial charge in [0.1, 0.15) is 5.69 Å². The molecular weight excluding hydrogens is 729 g/mol. The molecule has 0 fully saturated rings. The van der Waals surface area contributed by atoms with Gasteiger partial charge in [-0.15, -0.1) is 0 Å². The highest BCUT2D eigenvalue weighted by Gasteiger charge is 2.23. The third kappa shape index (κ3) is 4.79. The number of hydrogen-bond acceptors (Lipinski definition) is 2. The van der Waals surface area contributed by atoms with E-state index in [4.69, 9.17) is 9.97 Å². The SMILES string of the molecule is c1ccc(-c2ccc(-c3nc4ccccc4nc3-n3c4ccc(-n5c6ccccc6c6cc7ccccc7cc65)cc4c4c5ccccc5ccc43)c3ccccc23)cc1. The lowest BCUT2D eigenvalue weighted by Crippen LogP contribution is -2.04. The smallest absolute Gasteiger partial charge is 0.165 e. The van der Waals surface area contributed by atoms with Gasteiger partial charge >= 0.3 is 0 Å². The van der Waals surface area contributed by atoms with Crippen molar-refractivity contribution in [1.29, 1.82) is 0 Å². The summed E-state index contributed by atoms with van der Waals surface area (Å²) in [6.45, 7) is 0. The molecule has 0 atom stereocenters. The Morgan fingerprint density at radius 3 is 1.73 bits per heavy atom. The lowest BCUT2D eigenvalue weighted by atomic mass is 9.93. The van der Waals surface area contributed by atoms with Gasteiger partial charge in [-0.2, -0.15) is 0 Å². The Morgan fingerprint density at radius 1 is 0.317 bits per heavy atom. The van der Waals surface area contributed by atoms with Crippen molar-refractivity contribution in [1.82, 2.24) is 19.1 Å². The topological polar surface area (TPSA) is 35.6 Å². The number of aromatic nitrogens is 4. The molecule has 3 aromatic heterocycles. The molecule has 60 heavy (non-hydrogen) atoms. The predicted octanol–water partition coefficient (Wildman–Crippen LogP) is 14.6. The predicted molar refractivity (Wildman–Crippen MR) is 252 cm³/mol. The lowest BCUT2D eigenvalue weighted by molar-refractivity contribution is 1.08. The number of fused-ring (bicyclic) bond motifs is 11. The quantitative estimate of drug-likeness (QED) is 0.179. The van der Waals surface area contributed by atoms with E-state index in [9.17, 15) is 0 Å². The van der Waals surface area contributed by atoms with Gasteiger partial charge in [-0.25, -0.2) is 9.97 Å². The Kier molecular flexibility index (Phi) is 6.98. The second-order valence-corrected chi connectivity index (χ2v) is 15.7. The fourth-order valence-corrected chi connectivity index (χ4v) is 9.78. The molecule has 3 heterocycles. The Bertz CT molecular complexity index is 3890. The number of benzene rings is 10. The number of nitrogens with zero attached hydrogens (tertiary/aromatic N) is 4. The summed E-state index contributed by atoms with van der Waals surface area (Å²) >= 11 is 0. The summed E-state index contributed by atoms with van der Waals surface area (Å²) < 4.78 is 4.79. The van der Waals surface area contributed by atoms with Gasteiger partial charge in [0.2, 0.25) is 0 Å². The first kappa shape index (κ1) is 32.9. The van der Waals surface area contributed by atoms with Gasteiger partial charge in [-0.3, -0.25) is 4.57 Å². The van der Waals surface area contributed by atoms with Gasteiger partial charge in [0.05, 0.1) is 33.1 Å². The van der Waals surface area contributed by atoms with Crippen LogP contribution in [0, 0.1) is 0 Å². The molecule has 0 aliphatic heterocycles. The highest BCUT2D eigenvalue weighted by atomic mass is 15.1. The molecule has 4 heteroatoms. The average molecular weight is 763 g/mol. The molecule has 278 valence electrons. The van der Waals surface area contributed by atoms with Crippen molar-refractivity contribution >= 4 is 87.0 Å². The van der Waals surface area contributed by atoms with Gasteiger partial charge in [0.25, 0.3) is 0 Å². The van der Waals surface area contributed by atoms with Crippen LogP contribution < -0.4 is 0 Å². The van der Waals surface area contributed by atoms with Crippen molar-refractivity contribution in [3.8, 4) is 33.9 Å². The molecule has 0 N–H and O–H groups in total. The van der Waals surface area contributed by atoms with Crippen molar-refractivity contribution in [2.24, 2.45) is 0 Å². The van der Waals surface area contributed by atoms with E-state index in [1.165, 1.54) is 65.3 Å². The van der Waals surface area contributed by atoms with Crippen LogP contribution in [0.4, 0.5) is 0 Å². The van der Waals surface area contributed by atoms with Crippen molar-refractivity contribution in [3.63, 3.8) is 0 Å². The molecule has 0 bridgehead atoms.